The Labute approximate surface area is 92.2 Å². The zero-order valence-electron chi connectivity index (χ0n) is 10.9. The van der Waals surface area contributed by atoms with Crippen LogP contribution in [0.3, 0.4) is 0 Å². The van der Waals surface area contributed by atoms with E-state index in [1.54, 1.807) is 18.1 Å². The zero-order valence-corrected chi connectivity index (χ0v) is 12.1. The summed E-state index contributed by atoms with van der Waals surface area (Å²) in [6.07, 6.45) is 0. The third-order valence-corrected chi connectivity index (χ3v) is 7.24. The maximum atomic E-state index is 2.38. The highest BCUT2D eigenvalue weighted by Gasteiger charge is 2.15. The smallest absolute Gasteiger partial charge is 0.0375 e. The first-order valence-electron chi connectivity index (χ1n) is 5.91. The molecule has 0 amide bonds. The van der Waals surface area contributed by atoms with E-state index in [0.29, 0.717) is 0 Å². The molecule has 0 aliphatic carbocycles. The first-order chi connectivity index (χ1) is 5.91. The molecule has 0 aliphatic rings. The van der Waals surface area contributed by atoms with Crippen LogP contribution < -0.4 is 0 Å². The molecule has 0 aromatic carbocycles. The van der Waals surface area contributed by atoms with Crippen molar-refractivity contribution < 1.29 is 5.48 Å². The Bertz CT molecular complexity index is 97.7. The van der Waals surface area contributed by atoms with Crippen LogP contribution in [-0.2, 0) is 0 Å². The van der Waals surface area contributed by atoms with Crippen molar-refractivity contribution in [3.8, 4) is 0 Å². The first kappa shape index (κ1) is 16.6. The van der Waals surface area contributed by atoms with Crippen LogP contribution >= 0.6 is 0 Å². The number of hydrogen-bond acceptors (Lipinski definition) is 0. The molecule has 88 valence electrons. The fourth-order valence-electron chi connectivity index (χ4n) is 2.29. The molecule has 0 aliphatic heterocycles. The largest absolute Gasteiger partial charge is 0.412 e. The van der Waals surface area contributed by atoms with Gasteiger partial charge in [-0.1, -0.05) is 59.7 Å². The van der Waals surface area contributed by atoms with Crippen LogP contribution in [0.25, 0.3) is 0 Å². The average Bonchev–Trinajstić information content (AvgIpc) is 1.80. The highest BCUT2D eigenvalue weighted by atomic mass is 28.3. The summed E-state index contributed by atoms with van der Waals surface area (Å²) >= 11 is 0. The van der Waals surface area contributed by atoms with Gasteiger partial charge in [-0.2, -0.15) is 0 Å². The molecular formula is C12H30OSi. The molecule has 0 atom stereocenters. The lowest BCUT2D eigenvalue weighted by molar-refractivity contribution is 0.659. The average molecular weight is 218 g/mol. The van der Waals surface area contributed by atoms with Crippen LogP contribution in [0.15, 0.2) is 0 Å². The fourth-order valence-corrected chi connectivity index (χ4v) is 6.87. The van der Waals surface area contributed by atoms with Gasteiger partial charge in [0.25, 0.3) is 0 Å². The van der Waals surface area contributed by atoms with Crippen LogP contribution in [0.4, 0.5) is 0 Å². The molecular weight excluding hydrogens is 188 g/mol. The second-order valence-electron chi connectivity index (χ2n) is 5.75. The van der Waals surface area contributed by atoms with Crippen LogP contribution in [0.2, 0.25) is 18.1 Å². The molecule has 0 aromatic rings. The molecule has 14 heavy (non-hydrogen) atoms. The van der Waals surface area contributed by atoms with Crippen molar-refractivity contribution in [2.24, 2.45) is 17.8 Å². The van der Waals surface area contributed by atoms with Gasteiger partial charge >= 0.3 is 0 Å². The van der Waals surface area contributed by atoms with Crippen LogP contribution in [-0.4, -0.2) is 14.3 Å². The van der Waals surface area contributed by atoms with Gasteiger partial charge in [0.15, 0.2) is 0 Å². The molecule has 0 fully saturated rings. The van der Waals surface area contributed by atoms with E-state index in [1.165, 1.54) is 0 Å². The summed E-state index contributed by atoms with van der Waals surface area (Å²) < 4.78 is 0. The van der Waals surface area contributed by atoms with E-state index in [2.05, 4.69) is 41.5 Å². The van der Waals surface area contributed by atoms with Gasteiger partial charge < -0.3 is 5.48 Å². The normalized spacial score (nSPS) is 11.6. The maximum absolute atomic E-state index is 2.38. The third-order valence-electron chi connectivity index (χ3n) is 2.41. The summed E-state index contributed by atoms with van der Waals surface area (Å²) in [7, 11) is -0.407. The van der Waals surface area contributed by atoms with Crippen molar-refractivity contribution in [3.63, 3.8) is 0 Å². The van der Waals surface area contributed by atoms with E-state index < -0.39 is 8.80 Å². The van der Waals surface area contributed by atoms with Crippen molar-refractivity contribution in [3.05, 3.63) is 0 Å². The van der Waals surface area contributed by atoms with Gasteiger partial charge in [-0.3, -0.25) is 0 Å². The molecule has 0 rings (SSSR count). The second kappa shape index (κ2) is 8.48. The lowest BCUT2D eigenvalue weighted by atomic mass is 10.3. The molecule has 1 nitrogen and oxygen atoms in total. The first-order valence-corrected chi connectivity index (χ1v) is 8.36. The highest BCUT2D eigenvalue weighted by Crippen LogP contribution is 2.20. The minimum Gasteiger partial charge on any atom is -0.412 e. The summed E-state index contributed by atoms with van der Waals surface area (Å²) in [5, 5.41) is 0. The van der Waals surface area contributed by atoms with Crippen molar-refractivity contribution in [1.82, 2.24) is 0 Å². The summed E-state index contributed by atoms with van der Waals surface area (Å²) in [5.74, 6) is 2.78. The van der Waals surface area contributed by atoms with Gasteiger partial charge in [0.05, 0.1) is 0 Å². The fraction of sp³-hybridized carbons (Fsp3) is 1.00. The van der Waals surface area contributed by atoms with Gasteiger partial charge in [0.1, 0.15) is 0 Å². The van der Waals surface area contributed by atoms with E-state index in [9.17, 15) is 0 Å². The SMILES string of the molecule is CC(C)C[SiH](CC(C)C)CC(C)C.O. The third kappa shape index (κ3) is 10.3. The Morgan fingerprint density at radius 3 is 1.00 bits per heavy atom. The minimum absolute atomic E-state index is 0. The minimum atomic E-state index is -0.407. The van der Waals surface area contributed by atoms with Gasteiger partial charge in [-0.05, 0) is 17.8 Å². The van der Waals surface area contributed by atoms with E-state index >= 15 is 0 Å². The Morgan fingerprint density at radius 2 is 0.857 bits per heavy atom. The molecule has 0 bridgehead atoms. The Kier molecular flexibility index (Phi) is 10.1. The molecule has 0 saturated heterocycles. The standard InChI is InChI=1S/C12H28Si.H2O/c1-10(2)7-13(8-11(3)4)9-12(5)6;/h10-13H,7-9H2,1-6H3;1H2. The van der Waals surface area contributed by atoms with Gasteiger partial charge in [0, 0.05) is 8.80 Å². The van der Waals surface area contributed by atoms with Crippen molar-refractivity contribution in [2.45, 2.75) is 59.7 Å². The van der Waals surface area contributed by atoms with E-state index in [0.717, 1.165) is 17.8 Å². The molecule has 0 aromatic heterocycles. The summed E-state index contributed by atoms with van der Waals surface area (Å²) in [4.78, 5) is 0. The van der Waals surface area contributed by atoms with Crippen molar-refractivity contribution in [1.29, 1.82) is 0 Å². The molecule has 0 saturated carbocycles. The van der Waals surface area contributed by atoms with Gasteiger partial charge in [-0.15, -0.1) is 0 Å². The number of rotatable bonds is 6. The molecule has 2 heteroatoms. The van der Waals surface area contributed by atoms with E-state index in [4.69, 9.17) is 0 Å². The van der Waals surface area contributed by atoms with Crippen molar-refractivity contribution >= 4 is 8.80 Å². The van der Waals surface area contributed by atoms with Gasteiger partial charge in [0.2, 0.25) is 0 Å². The van der Waals surface area contributed by atoms with E-state index in [1.807, 2.05) is 0 Å². The number of hydrogen-bond donors (Lipinski definition) is 0. The topological polar surface area (TPSA) is 31.5 Å². The van der Waals surface area contributed by atoms with Crippen molar-refractivity contribution in [2.75, 3.05) is 0 Å². The summed E-state index contributed by atoms with van der Waals surface area (Å²) in [6.45, 7) is 14.3. The second-order valence-corrected chi connectivity index (χ2v) is 8.90. The monoisotopic (exact) mass is 218 g/mol. The van der Waals surface area contributed by atoms with Crippen LogP contribution in [0.5, 0.6) is 0 Å². The lowest BCUT2D eigenvalue weighted by Gasteiger charge is -2.21. The quantitative estimate of drug-likeness (QED) is 0.612. The Morgan fingerprint density at radius 1 is 0.643 bits per heavy atom. The predicted octanol–water partition coefficient (Wildman–Crippen LogP) is 3.36. The van der Waals surface area contributed by atoms with Crippen LogP contribution in [0, 0.1) is 17.8 Å². The molecule has 0 spiro atoms. The lowest BCUT2D eigenvalue weighted by Crippen LogP contribution is -2.19. The Hall–Kier alpha value is 0.177. The Balaban J connectivity index is 0. The molecule has 2 N–H and O–H groups in total. The molecule has 0 radical (unpaired) electrons. The maximum Gasteiger partial charge on any atom is 0.0375 e. The molecule has 0 heterocycles. The summed E-state index contributed by atoms with van der Waals surface area (Å²) in [5.41, 5.74) is 0. The highest BCUT2D eigenvalue weighted by molar-refractivity contribution is 6.58. The summed E-state index contributed by atoms with van der Waals surface area (Å²) in [6, 6.07) is 4.66. The zero-order chi connectivity index (χ0) is 10.4. The van der Waals surface area contributed by atoms with E-state index in [-0.39, 0.29) is 5.48 Å². The van der Waals surface area contributed by atoms with Crippen LogP contribution in [0.1, 0.15) is 41.5 Å². The molecule has 0 unspecified atom stereocenters. The predicted molar refractivity (Wildman–Crippen MR) is 69.7 cm³/mol. The van der Waals surface area contributed by atoms with Gasteiger partial charge in [-0.25, -0.2) is 0 Å².